The van der Waals surface area contributed by atoms with Gasteiger partial charge < -0.3 is 5.32 Å². The number of nitrogens with zero attached hydrogens (tertiary/aromatic N) is 1. The number of nitrogens with one attached hydrogen (secondary N) is 1. The van der Waals surface area contributed by atoms with Crippen LogP contribution in [-0.2, 0) is 10.0 Å². The Bertz CT molecular complexity index is 325. The van der Waals surface area contributed by atoms with Gasteiger partial charge in [0.05, 0.1) is 6.26 Å². The molecule has 0 spiro atoms. The van der Waals surface area contributed by atoms with Crippen LogP contribution < -0.4 is 5.32 Å². The summed E-state index contributed by atoms with van der Waals surface area (Å²) >= 11 is 0. The summed E-state index contributed by atoms with van der Waals surface area (Å²) < 4.78 is 25.2. The van der Waals surface area contributed by atoms with E-state index in [0.717, 1.165) is 6.54 Å². The number of hydrogen-bond donors (Lipinski definition) is 1. The molecule has 0 aromatic carbocycles. The van der Waals surface area contributed by atoms with E-state index in [-0.39, 0.29) is 12.1 Å². The third kappa shape index (κ3) is 3.18. The molecule has 16 heavy (non-hydrogen) atoms. The number of sulfonamides is 1. The van der Waals surface area contributed by atoms with Crippen molar-refractivity contribution in [3.63, 3.8) is 0 Å². The van der Waals surface area contributed by atoms with E-state index in [1.807, 2.05) is 0 Å². The number of rotatable bonds is 3. The van der Waals surface area contributed by atoms with Gasteiger partial charge in [-0.1, -0.05) is 27.7 Å². The van der Waals surface area contributed by atoms with Crippen LogP contribution in [0.3, 0.4) is 0 Å². The van der Waals surface area contributed by atoms with Crippen LogP contribution in [0.4, 0.5) is 0 Å². The summed E-state index contributed by atoms with van der Waals surface area (Å²) in [5, 5.41) is 3.45. The Morgan fingerprint density at radius 2 is 1.75 bits per heavy atom. The average molecular weight is 248 g/mol. The van der Waals surface area contributed by atoms with Crippen molar-refractivity contribution < 1.29 is 8.42 Å². The first-order chi connectivity index (χ1) is 7.23. The van der Waals surface area contributed by atoms with Crippen molar-refractivity contribution in [1.82, 2.24) is 9.62 Å². The van der Waals surface area contributed by atoms with Crippen molar-refractivity contribution in [2.24, 2.45) is 11.8 Å². The molecule has 0 unspecified atom stereocenters. The quantitative estimate of drug-likeness (QED) is 0.807. The molecule has 2 atom stereocenters. The molecular formula is C11H24N2O2S. The molecule has 1 aliphatic heterocycles. The Morgan fingerprint density at radius 1 is 1.19 bits per heavy atom. The van der Waals surface area contributed by atoms with Gasteiger partial charge in [-0.25, -0.2) is 8.42 Å². The van der Waals surface area contributed by atoms with E-state index in [2.05, 4.69) is 33.0 Å². The Kier molecular flexibility index (Phi) is 4.37. The second-order valence-electron chi connectivity index (χ2n) is 5.40. The first kappa shape index (κ1) is 13.9. The van der Waals surface area contributed by atoms with Crippen LogP contribution in [-0.4, -0.2) is 44.2 Å². The van der Waals surface area contributed by atoms with E-state index in [4.69, 9.17) is 0 Å². The van der Waals surface area contributed by atoms with Gasteiger partial charge in [-0.15, -0.1) is 0 Å². The molecule has 0 aromatic heterocycles. The summed E-state index contributed by atoms with van der Waals surface area (Å²) in [6.07, 6.45) is 1.31. The van der Waals surface area contributed by atoms with Crippen molar-refractivity contribution in [1.29, 1.82) is 0 Å². The Labute approximate surface area is 99.5 Å². The first-order valence-corrected chi connectivity index (χ1v) is 7.78. The number of piperazine rings is 1. The lowest BCUT2D eigenvalue weighted by Crippen LogP contribution is -2.60. The first-order valence-electron chi connectivity index (χ1n) is 5.93. The largest absolute Gasteiger partial charge is 0.311 e. The van der Waals surface area contributed by atoms with E-state index < -0.39 is 10.0 Å². The second-order valence-corrected chi connectivity index (χ2v) is 7.34. The average Bonchev–Trinajstić information content (AvgIpc) is 2.15. The molecule has 1 N–H and O–H groups in total. The molecule has 4 nitrogen and oxygen atoms in total. The third-order valence-corrected chi connectivity index (χ3v) is 4.61. The highest BCUT2D eigenvalue weighted by atomic mass is 32.2. The number of hydrogen-bond acceptors (Lipinski definition) is 3. The molecule has 96 valence electrons. The maximum Gasteiger partial charge on any atom is 0.211 e. The summed E-state index contributed by atoms with van der Waals surface area (Å²) in [5.41, 5.74) is 0. The van der Waals surface area contributed by atoms with Crippen molar-refractivity contribution >= 4 is 10.0 Å². The van der Waals surface area contributed by atoms with Gasteiger partial charge in [0, 0.05) is 25.2 Å². The summed E-state index contributed by atoms with van der Waals surface area (Å²) in [4.78, 5) is 0. The monoisotopic (exact) mass is 248 g/mol. The third-order valence-electron chi connectivity index (χ3n) is 3.34. The molecule has 0 saturated carbocycles. The van der Waals surface area contributed by atoms with Gasteiger partial charge in [0.25, 0.3) is 0 Å². The normalized spacial score (nSPS) is 28.9. The molecule has 1 heterocycles. The van der Waals surface area contributed by atoms with Gasteiger partial charge in [-0.3, -0.25) is 0 Å². The van der Waals surface area contributed by atoms with Gasteiger partial charge in [0.1, 0.15) is 0 Å². The highest BCUT2D eigenvalue weighted by molar-refractivity contribution is 7.88. The lowest BCUT2D eigenvalue weighted by molar-refractivity contribution is 0.163. The molecule has 0 aromatic rings. The van der Waals surface area contributed by atoms with Crippen LogP contribution in [0.1, 0.15) is 27.7 Å². The fraction of sp³-hybridized carbons (Fsp3) is 1.00. The SMILES string of the molecule is CC(C)[C@H]1CN[C@@H](C(C)C)CN1S(C)(=O)=O. The van der Waals surface area contributed by atoms with Crippen LogP contribution >= 0.6 is 0 Å². The maximum absolute atomic E-state index is 11.8. The molecule has 1 saturated heterocycles. The zero-order valence-corrected chi connectivity index (χ0v) is 11.7. The smallest absolute Gasteiger partial charge is 0.211 e. The van der Waals surface area contributed by atoms with Crippen LogP contribution in [0, 0.1) is 11.8 Å². The van der Waals surface area contributed by atoms with E-state index in [1.54, 1.807) is 4.31 Å². The molecule has 1 aliphatic rings. The second kappa shape index (κ2) is 5.02. The van der Waals surface area contributed by atoms with Crippen molar-refractivity contribution in [2.45, 2.75) is 39.8 Å². The van der Waals surface area contributed by atoms with Crippen LogP contribution in [0.15, 0.2) is 0 Å². The van der Waals surface area contributed by atoms with Gasteiger partial charge >= 0.3 is 0 Å². The minimum atomic E-state index is -3.09. The summed E-state index contributed by atoms with van der Waals surface area (Å²) in [6, 6.07) is 0.356. The standard InChI is InChI=1S/C11H24N2O2S/c1-8(2)10-7-13(16(5,14)15)11(6-12-10)9(3)4/h8-12H,6-7H2,1-5H3/t10-,11-/m1/s1. The predicted octanol–water partition coefficient (Wildman–Crippen LogP) is 0.900. The van der Waals surface area contributed by atoms with Crippen molar-refractivity contribution in [2.75, 3.05) is 19.3 Å². The Balaban J connectivity index is 2.86. The lowest BCUT2D eigenvalue weighted by atomic mass is 9.96. The Morgan fingerprint density at radius 3 is 2.12 bits per heavy atom. The maximum atomic E-state index is 11.8. The van der Waals surface area contributed by atoms with Crippen molar-refractivity contribution in [3.05, 3.63) is 0 Å². The molecule has 0 radical (unpaired) electrons. The molecule has 5 heteroatoms. The van der Waals surface area contributed by atoms with Crippen LogP contribution in [0.2, 0.25) is 0 Å². The van der Waals surface area contributed by atoms with Crippen LogP contribution in [0.25, 0.3) is 0 Å². The molecule has 1 rings (SSSR count). The van der Waals surface area contributed by atoms with E-state index in [9.17, 15) is 8.42 Å². The minimum absolute atomic E-state index is 0.0880. The lowest BCUT2D eigenvalue weighted by Gasteiger charge is -2.42. The molecule has 0 amide bonds. The molecular weight excluding hydrogens is 224 g/mol. The summed E-state index contributed by atoms with van der Waals surface area (Å²) in [5.74, 6) is 0.799. The Hall–Kier alpha value is -0.130. The van der Waals surface area contributed by atoms with Gasteiger partial charge in [-0.05, 0) is 11.8 Å². The molecule has 0 aliphatic carbocycles. The van der Waals surface area contributed by atoms with Gasteiger partial charge in [0.15, 0.2) is 0 Å². The van der Waals surface area contributed by atoms with E-state index >= 15 is 0 Å². The fourth-order valence-corrected chi connectivity index (χ4v) is 3.41. The van der Waals surface area contributed by atoms with Gasteiger partial charge in [0.2, 0.25) is 10.0 Å². The summed E-state index contributed by atoms with van der Waals surface area (Å²) in [7, 11) is -3.09. The van der Waals surface area contributed by atoms with Crippen LogP contribution in [0.5, 0.6) is 0 Å². The molecule has 0 bridgehead atoms. The van der Waals surface area contributed by atoms with E-state index in [1.165, 1.54) is 6.26 Å². The van der Waals surface area contributed by atoms with Crippen molar-refractivity contribution in [3.8, 4) is 0 Å². The highest BCUT2D eigenvalue weighted by Gasteiger charge is 2.35. The fourth-order valence-electron chi connectivity index (χ4n) is 2.16. The topological polar surface area (TPSA) is 49.4 Å². The minimum Gasteiger partial charge on any atom is -0.311 e. The predicted molar refractivity (Wildman–Crippen MR) is 66.8 cm³/mol. The highest BCUT2D eigenvalue weighted by Crippen LogP contribution is 2.20. The van der Waals surface area contributed by atoms with E-state index in [0.29, 0.717) is 18.4 Å². The zero-order chi connectivity index (χ0) is 12.5. The van der Waals surface area contributed by atoms with Gasteiger partial charge in [-0.2, -0.15) is 4.31 Å². The zero-order valence-electron chi connectivity index (χ0n) is 10.9. The molecule has 1 fully saturated rings. The summed E-state index contributed by atoms with van der Waals surface area (Å²) in [6.45, 7) is 9.73.